The molecule has 2 unspecified atom stereocenters. The fraction of sp³-hybridized carbons (Fsp3) is 0.588. The minimum atomic E-state index is 0.437. The van der Waals surface area contributed by atoms with E-state index in [2.05, 4.69) is 48.4 Å². The molecule has 116 valence electrons. The molecule has 1 aliphatic heterocycles. The van der Waals surface area contributed by atoms with Crippen LogP contribution >= 0.6 is 11.6 Å². The Labute approximate surface area is 133 Å². The zero-order valence-electron chi connectivity index (χ0n) is 13.5. The largest absolute Gasteiger partial charge is 0.357 e. The van der Waals surface area contributed by atoms with E-state index in [4.69, 9.17) is 11.6 Å². The zero-order valence-corrected chi connectivity index (χ0v) is 14.3. The van der Waals surface area contributed by atoms with Gasteiger partial charge in [-0.3, -0.25) is 0 Å². The van der Waals surface area contributed by atoms with Crippen molar-refractivity contribution in [2.75, 3.05) is 20.1 Å². The van der Waals surface area contributed by atoms with Crippen molar-refractivity contribution in [3.63, 3.8) is 0 Å². The van der Waals surface area contributed by atoms with Gasteiger partial charge in [0.2, 0.25) is 0 Å². The number of H-pyrrole nitrogens is 1. The highest BCUT2D eigenvalue weighted by atomic mass is 35.5. The summed E-state index contributed by atoms with van der Waals surface area (Å²) < 4.78 is 0. The molecule has 0 aromatic carbocycles. The van der Waals surface area contributed by atoms with Gasteiger partial charge in [-0.15, -0.1) is 0 Å². The molecule has 1 aliphatic rings. The van der Waals surface area contributed by atoms with Crippen LogP contribution < -0.4 is 0 Å². The van der Waals surface area contributed by atoms with Gasteiger partial charge in [0.15, 0.2) is 0 Å². The van der Waals surface area contributed by atoms with Crippen molar-refractivity contribution in [1.82, 2.24) is 9.88 Å². The molecule has 1 fully saturated rings. The maximum absolute atomic E-state index is 5.99. The van der Waals surface area contributed by atoms with Crippen molar-refractivity contribution in [3.05, 3.63) is 24.0 Å². The number of allylic oxidation sites excluding steroid dienone is 1. The van der Waals surface area contributed by atoms with Gasteiger partial charge in [-0.2, -0.15) is 0 Å². The topological polar surface area (TPSA) is 31.4 Å². The van der Waals surface area contributed by atoms with E-state index in [1.807, 2.05) is 6.92 Å². The lowest BCUT2D eigenvalue weighted by Gasteiger charge is -2.12. The summed E-state index contributed by atoms with van der Waals surface area (Å²) in [6, 6.07) is 2.15. The van der Waals surface area contributed by atoms with Gasteiger partial charge in [0.05, 0.1) is 11.4 Å². The van der Waals surface area contributed by atoms with Gasteiger partial charge in [-0.1, -0.05) is 32.0 Å². The van der Waals surface area contributed by atoms with E-state index in [-0.39, 0.29) is 0 Å². The van der Waals surface area contributed by atoms with Crippen molar-refractivity contribution in [1.29, 1.82) is 0 Å². The molecule has 1 aromatic rings. The van der Waals surface area contributed by atoms with Gasteiger partial charge in [-0.05, 0) is 50.9 Å². The number of nitrogens with one attached hydrogen (secondary N) is 1. The van der Waals surface area contributed by atoms with Gasteiger partial charge in [0, 0.05) is 18.2 Å². The Morgan fingerprint density at radius 1 is 1.62 bits per heavy atom. The summed E-state index contributed by atoms with van der Waals surface area (Å²) >= 11 is 5.99. The normalized spacial score (nSPS) is 21.8. The number of likely N-dealkylation sites (N-methyl/N-ethyl adjacent to an activating group) is 1. The molecule has 1 saturated heterocycles. The van der Waals surface area contributed by atoms with Gasteiger partial charge in [0.25, 0.3) is 0 Å². The van der Waals surface area contributed by atoms with Crippen LogP contribution in [0.1, 0.15) is 50.9 Å². The van der Waals surface area contributed by atoms with E-state index in [0.717, 1.165) is 36.5 Å². The third kappa shape index (κ3) is 3.78. The molecule has 4 heteroatoms. The predicted molar refractivity (Wildman–Crippen MR) is 92.8 cm³/mol. The molecule has 2 rings (SSSR count). The Morgan fingerprint density at radius 3 is 2.86 bits per heavy atom. The monoisotopic (exact) mass is 307 g/mol. The standard InChI is InChI=1S/C17H26ClN3/c1-6-11(2)12(3)17-16(19-13(4)18)9-15(20-17)14-7-8-21(5)10-14/h9,11,14,20H,3,6-8,10H2,1-2,4-5H3/b19-13+. The van der Waals surface area contributed by atoms with Crippen LogP contribution in [0, 0.1) is 5.92 Å². The van der Waals surface area contributed by atoms with Crippen molar-refractivity contribution in [2.24, 2.45) is 10.9 Å². The van der Waals surface area contributed by atoms with E-state index >= 15 is 0 Å². The molecule has 0 amide bonds. The summed E-state index contributed by atoms with van der Waals surface area (Å²) in [5.74, 6) is 0.991. The lowest BCUT2D eigenvalue weighted by atomic mass is 9.97. The first kappa shape index (κ1) is 16.3. The van der Waals surface area contributed by atoms with Crippen molar-refractivity contribution in [3.8, 4) is 0 Å². The van der Waals surface area contributed by atoms with Crippen LogP contribution in [0.5, 0.6) is 0 Å². The Morgan fingerprint density at radius 2 is 2.33 bits per heavy atom. The summed E-state index contributed by atoms with van der Waals surface area (Å²) in [6.07, 6.45) is 2.26. The summed E-state index contributed by atoms with van der Waals surface area (Å²) in [5.41, 5.74) is 4.36. The Kier molecular flexibility index (Phi) is 5.28. The average molecular weight is 308 g/mol. The smallest absolute Gasteiger partial charge is 0.103 e. The lowest BCUT2D eigenvalue weighted by Crippen LogP contribution is -2.13. The zero-order chi connectivity index (χ0) is 15.6. The van der Waals surface area contributed by atoms with E-state index in [9.17, 15) is 0 Å². The number of likely N-dealkylation sites (tertiary alicyclic amines) is 1. The van der Waals surface area contributed by atoms with Crippen molar-refractivity contribution >= 4 is 28.0 Å². The lowest BCUT2D eigenvalue weighted by molar-refractivity contribution is 0.411. The molecule has 2 atom stereocenters. The second-order valence-corrected chi connectivity index (χ2v) is 6.72. The molecule has 0 spiro atoms. The third-order valence-electron chi connectivity index (χ3n) is 4.45. The first-order valence-corrected chi connectivity index (χ1v) is 8.11. The second kappa shape index (κ2) is 6.80. The van der Waals surface area contributed by atoms with E-state index in [0.29, 0.717) is 17.0 Å². The fourth-order valence-corrected chi connectivity index (χ4v) is 2.96. The molecule has 0 bridgehead atoms. The van der Waals surface area contributed by atoms with Gasteiger partial charge in [-0.25, -0.2) is 4.99 Å². The van der Waals surface area contributed by atoms with E-state index in [1.165, 1.54) is 12.1 Å². The third-order valence-corrected chi connectivity index (χ3v) is 4.54. The summed E-state index contributed by atoms with van der Waals surface area (Å²) in [4.78, 5) is 10.4. The summed E-state index contributed by atoms with van der Waals surface area (Å²) in [7, 11) is 2.17. The van der Waals surface area contributed by atoms with Crippen molar-refractivity contribution in [2.45, 2.75) is 39.5 Å². The van der Waals surface area contributed by atoms with Gasteiger partial charge >= 0.3 is 0 Å². The SMILES string of the molecule is C=C(c1[nH]c(C2CCN(C)C2)cc1/N=C(\C)Cl)C(C)CC. The number of hydrogen-bond acceptors (Lipinski definition) is 2. The predicted octanol–water partition coefficient (Wildman–Crippen LogP) is 4.78. The minimum Gasteiger partial charge on any atom is -0.357 e. The van der Waals surface area contributed by atoms with Crippen LogP contribution in [0.15, 0.2) is 17.6 Å². The quantitative estimate of drug-likeness (QED) is 0.780. The molecule has 1 N–H and O–H groups in total. The van der Waals surface area contributed by atoms with Gasteiger partial charge in [0.1, 0.15) is 5.17 Å². The van der Waals surface area contributed by atoms with Crippen LogP contribution in [0.4, 0.5) is 5.69 Å². The number of nitrogens with zero attached hydrogens (tertiary/aromatic N) is 2. The molecular formula is C17H26ClN3. The maximum Gasteiger partial charge on any atom is 0.103 e. The maximum atomic E-state index is 5.99. The highest BCUT2D eigenvalue weighted by Crippen LogP contribution is 2.36. The minimum absolute atomic E-state index is 0.437. The first-order chi connectivity index (χ1) is 9.92. The summed E-state index contributed by atoms with van der Waals surface area (Å²) in [6.45, 7) is 12.7. The van der Waals surface area contributed by atoms with Crippen LogP contribution in [-0.2, 0) is 0 Å². The number of hydrogen-bond donors (Lipinski definition) is 1. The molecule has 21 heavy (non-hydrogen) atoms. The molecule has 0 radical (unpaired) electrons. The number of rotatable bonds is 5. The highest BCUT2D eigenvalue weighted by molar-refractivity contribution is 6.65. The Bertz CT molecular complexity index is 540. The summed E-state index contributed by atoms with van der Waals surface area (Å²) in [5, 5.41) is 0.558. The molecule has 3 nitrogen and oxygen atoms in total. The average Bonchev–Trinajstić information content (AvgIpc) is 3.03. The first-order valence-electron chi connectivity index (χ1n) is 7.73. The fourth-order valence-electron chi connectivity index (χ4n) is 2.86. The van der Waals surface area contributed by atoms with Crippen LogP contribution in [-0.4, -0.2) is 35.2 Å². The van der Waals surface area contributed by atoms with Gasteiger partial charge < -0.3 is 9.88 Å². The molecule has 0 aliphatic carbocycles. The van der Waals surface area contributed by atoms with E-state index in [1.54, 1.807) is 0 Å². The number of aromatic nitrogens is 1. The number of aromatic amines is 1. The number of aliphatic imine (C=N–C) groups is 1. The van der Waals surface area contributed by atoms with Crippen LogP contribution in [0.25, 0.3) is 5.57 Å². The van der Waals surface area contributed by atoms with Crippen LogP contribution in [0.3, 0.4) is 0 Å². The number of halogens is 1. The Balaban J connectivity index is 2.35. The Hall–Kier alpha value is -1.06. The molecular weight excluding hydrogens is 282 g/mol. The highest BCUT2D eigenvalue weighted by Gasteiger charge is 2.24. The van der Waals surface area contributed by atoms with Crippen molar-refractivity contribution < 1.29 is 0 Å². The molecule has 0 saturated carbocycles. The second-order valence-electron chi connectivity index (χ2n) is 6.18. The molecule has 1 aromatic heterocycles. The molecule has 2 heterocycles. The van der Waals surface area contributed by atoms with Crippen LogP contribution in [0.2, 0.25) is 0 Å². The van der Waals surface area contributed by atoms with E-state index < -0.39 is 0 Å².